The van der Waals surface area contributed by atoms with Gasteiger partial charge in [0.1, 0.15) is 11.8 Å². The van der Waals surface area contributed by atoms with Crippen molar-refractivity contribution in [3.8, 4) is 5.75 Å². The molecular formula is C33H39F3N4O5S. The summed E-state index contributed by atoms with van der Waals surface area (Å²) in [5.41, 5.74) is 3.40. The largest absolute Gasteiger partial charge is 0.573 e. The monoisotopic (exact) mass is 660 g/mol. The number of carbonyl (C=O) groups excluding carboxylic acids is 2. The van der Waals surface area contributed by atoms with E-state index < -0.39 is 34.1 Å². The van der Waals surface area contributed by atoms with Crippen LogP contribution >= 0.6 is 0 Å². The van der Waals surface area contributed by atoms with Crippen LogP contribution in [0.5, 0.6) is 5.75 Å². The Morgan fingerprint density at radius 2 is 1.65 bits per heavy atom. The van der Waals surface area contributed by atoms with Crippen molar-refractivity contribution >= 4 is 21.8 Å². The van der Waals surface area contributed by atoms with Gasteiger partial charge in [0.05, 0.1) is 4.90 Å². The summed E-state index contributed by atoms with van der Waals surface area (Å²) in [7, 11) is -0.918. The maximum absolute atomic E-state index is 13.7. The van der Waals surface area contributed by atoms with E-state index in [0.717, 1.165) is 45.3 Å². The number of sulfonamides is 1. The lowest BCUT2D eigenvalue weighted by Crippen LogP contribution is -2.56. The molecule has 0 bridgehead atoms. The highest BCUT2D eigenvalue weighted by molar-refractivity contribution is 7.89. The highest BCUT2D eigenvalue weighted by Gasteiger charge is 2.41. The maximum atomic E-state index is 13.7. The fourth-order valence-corrected chi connectivity index (χ4v) is 6.88. The van der Waals surface area contributed by atoms with Crippen LogP contribution in [0.2, 0.25) is 0 Å². The van der Waals surface area contributed by atoms with Crippen LogP contribution in [0.3, 0.4) is 0 Å². The molecule has 0 spiro atoms. The predicted molar refractivity (Wildman–Crippen MR) is 168 cm³/mol. The third-order valence-electron chi connectivity index (χ3n) is 7.81. The summed E-state index contributed by atoms with van der Waals surface area (Å²) in [6, 6.07) is 17.6. The van der Waals surface area contributed by atoms with Crippen LogP contribution in [-0.2, 0) is 27.9 Å². The molecular weight excluding hydrogens is 621 g/mol. The van der Waals surface area contributed by atoms with Crippen molar-refractivity contribution in [2.75, 3.05) is 20.6 Å². The third-order valence-corrected chi connectivity index (χ3v) is 9.73. The molecule has 1 aliphatic rings. The minimum Gasteiger partial charge on any atom is -0.406 e. The van der Waals surface area contributed by atoms with Crippen molar-refractivity contribution in [3.63, 3.8) is 0 Å². The number of amides is 2. The lowest BCUT2D eigenvalue weighted by Gasteiger charge is -2.38. The van der Waals surface area contributed by atoms with Crippen LogP contribution in [0.15, 0.2) is 77.7 Å². The standard InChI is InChI=1S/C33H39F3N4O5S/c1-22(2)25-10-8-23(9-11-25)20-38-31(41)30-19-27(37-21-24-6-5-7-26(18-24)32(42)39(3)4)16-17-40(30)46(43,44)29-14-12-28(13-15-29)45-33(34,35)36/h5-15,18,22,27,30,37H,16-17,19-21H2,1-4H3,(H,38,41)/t27-,30-/m1/s1. The Bertz CT molecular complexity index is 1610. The van der Waals surface area contributed by atoms with Crippen LogP contribution in [0.4, 0.5) is 13.2 Å². The first kappa shape index (κ1) is 34.9. The van der Waals surface area contributed by atoms with Gasteiger partial charge in [-0.05, 0) is 71.8 Å². The lowest BCUT2D eigenvalue weighted by molar-refractivity contribution is -0.274. The molecule has 46 heavy (non-hydrogen) atoms. The van der Waals surface area contributed by atoms with E-state index in [4.69, 9.17) is 0 Å². The summed E-state index contributed by atoms with van der Waals surface area (Å²) in [4.78, 5) is 27.3. The van der Waals surface area contributed by atoms with Gasteiger partial charge in [0.25, 0.3) is 5.91 Å². The number of benzene rings is 3. The van der Waals surface area contributed by atoms with Crippen molar-refractivity contribution in [1.82, 2.24) is 19.8 Å². The maximum Gasteiger partial charge on any atom is 0.573 e. The van der Waals surface area contributed by atoms with E-state index in [0.29, 0.717) is 24.4 Å². The Balaban J connectivity index is 1.52. The Hall–Kier alpha value is -3.94. The molecule has 4 rings (SSSR count). The molecule has 13 heteroatoms. The molecule has 3 aromatic carbocycles. The van der Waals surface area contributed by atoms with Crippen LogP contribution in [0, 0.1) is 0 Å². The quantitative estimate of drug-likeness (QED) is 0.299. The highest BCUT2D eigenvalue weighted by atomic mass is 32.2. The van der Waals surface area contributed by atoms with E-state index in [1.165, 1.54) is 4.90 Å². The summed E-state index contributed by atoms with van der Waals surface area (Å²) in [6.45, 7) is 4.74. The highest BCUT2D eigenvalue weighted by Crippen LogP contribution is 2.29. The van der Waals surface area contributed by atoms with Gasteiger partial charge in [0, 0.05) is 45.3 Å². The summed E-state index contributed by atoms with van der Waals surface area (Å²) in [5, 5.41) is 6.27. The zero-order valence-electron chi connectivity index (χ0n) is 26.2. The fraction of sp³-hybridized carbons (Fsp3) is 0.394. The molecule has 2 N–H and O–H groups in total. The van der Waals surface area contributed by atoms with E-state index in [-0.39, 0.29) is 36.4 Å². The van der Waals surface area contributed by atoms with Gasteiger partial charge >= 0.3 is 6.36 Å². The average molecular weight is 661 g/mol. The first-order chi connectivity index (χ1) is 21.6. The van der Waals surface area contributed by atoms with Gasteiger partial charge in [-0.15, -0.1) is 13.2 Å². The molecule has 0 saturated carbocycles. The zero-order chi connectivity index (χ0) is 33.6. The van der Waals surface area contributed by atoms with Gasteiger partial charge in [0.2, 0.25) is 15.9 Å². The molecule has 0 unspecified atom stereocenters. The van der Waals surface area contributed by atoms with E-state index in [2.05, 4.69) is 29.2 Å². The normalized spacial score (nSPS) is 17.5. The van der Waals surface area contributed by atoms with Crippen LogP contribution < -0.4 is 15.4 Å². The molecule has 0 aromatic heterocycles. The van der Waals surface area contributed by atoms with E-state index >= 15 is 0 Å². The van der Waals surface area contributed by atoms with Gasteiger partial charge in [-0.25, -0.2) is 8.42 Å². The van der Waals surface area contributed by atoms with Gasteiger partial charge < -0.3 is 20.3 Å². The molecule has 2 atom stereocenters. The lowest BCUT2D eigenvalue weighted by atomic mass is 9.98. The molecule has 9 nitrogen and oxygen atoms in total. The number of nitrogens with one attached hydrogen (secondary N) is 2. The van der Waals surface area contributed by atoms with E-state index in [1.54, 1.807) is 32.3 Å². The number of carbonyl (C=O) groups is 2. The first-order valence-corrected chi connectivity index (χ1v) is 16.4. The van der Waals surface area contributed by atoms with Crippen LogP contribution in [0.25, 0.3) is 0 Å². The fourth-order valence-electron chi connectivity index (χ4n) is 5.27. The summed E-state index contributed by atoms with van der Waals surface area (Å²) >= 11 is 0. The van der Waals surface area contributed by atoms with Gasteiger partial charge in [-0.3, -0.25) is 9.59 Å². The second-order valence-corrected chi connectivity index (χ2v) is 13.7. The van der Waals surface area contributed by atoms with Gasteiger partial charge in [-0.1, -0.05) is 50.2 Å². The molecule has 3 aromatic rings. The van der Waals surface area contributed by atoms with E-state index in [9.17, 15) is 31.2 Å². The van der Waals surface area contributed by atoms with Gasteiger partial charge in [0.15, 0.2) is 0 Å². The number of halogens is 3. The predicted octanol–water partition coefficient (Wildman–Crippen LogP) is 5.04. The number of hydrogen-bond donors (Lipinski definition) is 2. The number of nitrogens with zero attached hydrogens (tertiary/aromatic N) is 2. The van der Waals surface area contributed by atoms with Crippen molar-refractivity contribution in [3.05, 3.63) is 95.1 Å². The second-order valence-electron chi connectivity index (χ2n) is 11.8. The van der Waals surface area contributed by atoms with Crippen molar-refractivity contribution in [2.45, 2.75) is 69.0 Å². The Labute approximate surface area is 267 Å². The number of rotatable bonds is 11. The third kappa shape index (κ3) is 9.08. The minimum atomic E-state index is -4.92. The molecule has 2 amide bonds. The van der Waals surface area contributed by atoms with Crippen molar-refractivity contribution in [1.29, 1.82) is 0 Å². The molecule has 0 radical (unpaired) electrons. The smallest absolute Gasteiger partial charge is 0.406 e. The number of alkyl halides is 3. The minimum absolute atomic E-state index is 0.00112. The Kier molecular flexibility index (Phi) is 11.1. The molecule has 248 valence electrons. The van der Waals surface area contributed by atoms with Gasteiger partial charge in [-0.2, -0.15) is 4.31 Å². The average Bonchev–Trinajstić information content (AvgIpc) is 3.01. The molecule has 1 heterocycles. The summed E-state index contributed by atoms with van der Waals surface area (Å²) < 4.78 is 70.4. The molecule has 1 fully saturated rings. The number of ether oxygens (including phenoxy) is 1. The molecule has 1 aliphatic heterocycles. The number of hydrogen-bond acceptors (Lipinski definition) is 6. The Morgan fingerprint density at radius 1 is 0.978 bits per heavy atom. The van der Waals surface area contributed by atoms with Crippen LogP contribution in [0.1, 0.15) is 59.7 Å². The second kappa shape index (κ2) is 14.7. The van der Waals surface area contributed by atoms with Crippen molar-refractivity contribution < 1.29 is 35.9 Å². The number of piperidine rings is 1. The molecule has 0 aliphatic carbocycles. The SMILES string of the molecule is CC(C)c1ccc(CNC(=O)[C@H]2C[C@H](NCc3cccc(C(=O)N(C)C)c3)CCN2S(=O)(=O)c2ccc(OC(F)(F)F)cc2)cc1. The zero-order valence-corrected chi connectivity index (χ0v) is 27.0. The summed E-state index contributed by atoms with van der Waals surface area (Å²) in [5.74, 6) is -0.824. The topological polar surface area (TPSA) is 108 Å². The van der Waals surface area contributed by atoms with Crippen LogP contribution in [-0.4, -0.2) is 68.5 Å². The van der Waals surface area contributed by atoms with Crippen molar-refractivity contribution in [2.24, 2.45) is 0 Å². The summed E-state index contributed by atoms with van der Waals surface area (Å²) in [6.07, 6.45) is -4.38. The first-order valence-electron chi connectivity index (χ1n) is 14.9. The molecule has 1 saturated heterocycles. The van der Waals surface area contributed by atoms with E-state index in [1.807, 2.05) is 30.3 Å². The Morgan fingerprint density at radius 3 is 2.26 bits per heavy atom.